The standard InChI is InChI=1S/C23H17BrN2/c24-20-15-9-8-14-19(20)22-16-21(17-10-4-1-2-5-11-17)25-23(26-22)18-12-6-3-7-13-18/h1,3-16H,2H2. The maximum absolute atomic E-state index is 4.84. The van der Waals surface area contributed by atoms with Crippen LogP contribution >= 0.6 is 15.9 Å². The summed E-state index contributed by atoms with van der Waals surface area (Å²) in [7, 11) is 0. The summed E-state index contributed by atoms with van der Waals surface area (Å²) in [5, 5.41) is 0. The summed E-state index contributed by atoms with van der Waals surface area (Å²) in [5.74, 6) is 0.733. The Labute approximate surface area is 161 Å². The molecule has 0 N–H and O–H groups in total. The van der Waals surface area contributed by atoms with Crippen molar-refractivity contribution in [3.63, 3.8) is 0 Å². The summed E-state index contributed by atoms with van der Waals surface area (Å²) in [6.45, 7) is 0. The van der Waals surface area contributed by atoms with Crippen molar-refractivity contribution >= 4 is 21.5 Å². The van der Waals surface area contributed by atoms with Gasteiger partial charge >= 0.3 is 0 Å². The fourth-order valence-corrected chi connectivity index (χ4v) is 3.36. The van der Waals surface area contributed by atoms with Gasteiger partial charge in [0.25, 0.3) is 0 Å². The highest BCUT2D eigenvalue weighted by Crippen LogP contribution is 2.30. The first-order chi connectivity index (χ1) is 12.8. The van der Waals surface area contributed by atoms with Crippen LogP contribution in [0.4, 0.5) is 0 Å². The molecule has 2 aromatic carbocycles. The van der Waals surface area contributed by atoms with Crippen molar-refractivity contribution in [2.45, 2.75) is 6.42 Å². The molecule has 3 heteroatoms. The van der Waals surface area contributed by atoms with Crippen molar-refractivity contribution in [1.29, 1.82) is 0 Å². The zero-order chi connectivity index (χ0) is 17.8. The number of aromatic nitrogens is 2. The minimum atomic E-state index is 0.733. The molecule has 0 amide bonds. The van der Waals surface area contributed by atoms with E-state index in [1.54, 1.807) is 0 Å². The second kappa shape index (κ2) is 7.63. The summed E-state index contributed by atoms with van der Waals surface area (Å²) in [6.07, 6.45) is 11.5. The van der Waals surface area contributed by atoms with E-state index < -0.39 is 0 Å². The lowest BCUT2D eigenvalue weighted by molar-refractivity contribution is 1.16. The Morgan fingerprint density at radius 3 is 2.42 bits per heavy atom. The predicted molar refractivity (Wildman–Crippen MR) is 111 cm³/mol. The quantitative estimate of drug-likeness (QED) is 0.503. The molecule has 0 bridgehead atoms. The summed E-state index contributed by atoms with van der Waals surface area (Å²) >= 11 is 3.65. The van der Waals surface area contributed by atoms with Crippen molar-refractivity contribution in [2.75, 3.05) is 0 Å². The van der Waals surface area contributed by atoms with Crippen molar-refractivity contribution in [3.05, 3.63) is 101 Å². The van der Waals surface area contributed by atoms with Crippen molar-refractivity contribution in [1.82, 2.24) is 9.97 Å². The van der Waals surface area contributed by atoms with Gasteiger partial charge in [0.05, 0.1) is 11.4 Å². The number of halogens is 1. The van der Waals surface area contributed by atoms with Gasteiger partial charge < -0.3 is 0 Å². The molecule has 0 saturated heterocycles. The zero-order valence-electron chi connectivity index (χ0n) is 14.1. The molecule has 0 saturated carbocycles. The lowest BCUT2D eigenvalue weighted by Gasteiger charge is -2.10. The van der Waals surface area contributed by atoms with Crippen molar-refractivity contribution in [2.24, 2.45) is 0 Å². The van der Waals surface area contributed by atoms with E-state index in [9.17, 15) is 0 Å². The van der Waals surface area contributed by atoms with Gasteiger partial charge in [0.15, 0.2) is 5.82 Å². The fourth-order valence-electron chi connectivity index (χ4n) is 2.87. The highest BCUT2D eigenvalue weighted by molar-refractivity contribution is 9.10. The van der Waals surface area contributed by atoms with Gasteiger partial charge in [-0.3, -0.25) is 0 Å². The molecule has 0 unspecified atom stereocenters. The van der Waals surface area contributed by atoms with E-state index in [1.165, 1.54) is 0 Å². The molecule has 1 heterocycles. The van der Waals surface area contributed by atoms with Crippen LogP contribution in [0.15, 0.2) is 95.5 Å². The van der Waals surface area contributed by atoms with Gasteiger partial charge in [0.2, 0.25) is 0 Å². The summed E-state index contributed by atoms with van der Waals surface area (Å²) in [4.78, 5) is 9.69. The molecule has 0 aliphatic heterocycles. The molecule has 126 valence electrons. The molecule has 1 aliphatic rings. The molecule has 2 nitrogen and oxygen atoms in total. The number of nitrogens with zero attached hydrogens (tertiary/aromatic N) is 2. The van der Waals surface area contributed by atoms with Crippen LogP contribution in [0.3, 0.4) is 0 Å². The zero-order valence-corrected chi connectivity index (χ0v) is 15.7. The van der Waals surface area contributed by atoms with E-state index in [1.807, 2.05) is 48.5 Å². The SMILES string of the molecule is Brc1ccccc1-c1cc(C2=CC=CCC=C2)nc(-c2ccccc2)n1. The number of hydrogen-bond acceptors (Lipinski definition) is 2. The first-order valence-electron chi connectivity index (χ1n) is 8.54. The predicted octanol–water partition coefficient (Wildman–Crippen LogP) is 6.47. The van der Waals surface area contributed by atoms with Gasteiger partial charge in [-0.15, -0.1) is 0 Å². The molecular formula is C23H17BrN2. The number of rotatable bonds is 3. The average Bonchev–Trinajstić information content (AvgIpc) is 2.98. The minimum absolute atomic E-state index is 0.733. The van der Waals surface area contributed by atoms with Crippen LogP contribution in [0.1, 0.15) is 12.1 Å². The monoisotopic (exact) mass is 400 g/mol. The normalized spacial score (nSPS) is 13.3. The van der Waals surface area contributed by atoms with E-state index in [2.05, 4.69) is 58.4 Å². The minimum Gasteiger partial charge on any atom is -0.228 e. The van der Waals surface area contributed by atoms with E-state index >= 15 is 0 Å². The highest BCUT2D eigenvalue weighted by atomic mass is 79.9. The Bertz CT molecular complexity index is 1020. The molecule has 26 heavy (non-hydrogen) atoms. The molecule has 0 radical (unpaired) electrons. The van der Waals surface area contributed by atoms with Gasteiger partial charge in [0.1, 0.15) is 0 Å². The van der Waals surface area contributed by atoms with Crippen LogP contribution in [0, 0.1) is 0 Å². The Balaban J connectivity index is 1.92. The van der Waals surface area contributed by atoms with E-state index in [4.69, 9.17) is 9.97 Å². The summed E-state index contributed by atoms with van der Waals surface area (Å²) in [5.41, 5.74) is 4.99. The Morgan fingerprint density at radius 2 is 1.58 bits per heavy atom. The fraction of sp³-hybridized carbons (Fsp3) is 0.0435. The third kappa shape index (κ3) is 3.58. The van der Waals surface area contributed by atoms with Crippen LogP contribution in [-0.2, 0) is 0 Å². The van der Waals surface area contributed by atoms with E-state index in [0.717, 1.165) is 44.8 Å². The summed E-state index contributed by atoms with van der Waals surface area (Å²) < 4.78 is 1.02. The van der Waals surface area contributed by atoms with Gasteiger partial charge in [-0.05, 0) is 24.1 Å². The molecular weight excluding hydrogens is 384 g/mol. The smallest absolute Gasteiger partial charge is 0.160 e. The van der Waals surface area contributed by atoms with Gasteiger partial charge in [0, 0.05) is 15.6 Å². The molecule has 0 spiro atoms. The first kappa shape index (κ1) is 16.7. The number of benzene rings is 2. The topological polar surface area (TPSA) is 25.8 Å². The lowest BCUT2D eigenvalue weighted by atomic mass is 10.1. The van der Waals surface area contributed by atoms with Crippen LogP contribution in [0.5, 0.6) is 0 Å². The Morgan fingerprint density at radius 1 is 0.808 bits per heavy atom. The van der Waals surface area contributed by atoms with Crippen molar-refractivity contribution < 1.29 is 0 Å². The van der Waals surface area contributed by atoms with Gasteiger partial charge in [-0.1, -0.05) is 94.8 Å². The third-order valence-corrected chi connectivity index (χ3v) is 4.88. The molecule has 1 aliphatic carbocycles. The molecule has 1 aromatic heterocycles. The van der Waals surface area contributed by atoms with Crippen LogP contribution in [-0.4, -0.2) is 9.97 Å². The van der Waals surface area contributed by atoms with Crippen molar-refractivity contribution in [3.8, 4) is 22.6 Å². The summed E-state index contributed by atoms with van der Waals surface area (Å²) in [6, 6.07) is 20.3. The largest absolute Gasteiger partial charge is 0.228 e. The van der Waals surface area contributed by atoms with E-state index in [0.29, 0.717) is 0 Å². The van der Waals surface area contributed by atoms with E-state index in [-0.39, 0.29) is 0 Å². The Hall–Kier alpha value is -2.78. The maximum atomic E-state index is 4.84. The third-order valence-electron chi connectivity index (χ3n) is 4.19. The maximum Gasteiger partial charge on any atom is 0.160 e. The number of allylic oxidation sites excluding steroid dienone is 6. The molecule has 3 aromatic rings. The average molecular weight is 401 g/mol. The molecule has 4 rings (SSSR count). The van der Waals surface area contributed by atoms with Crippen LogP contribution in [0.2, 0.25) is 0 Å². The number of hydrogen-bond donors (Lipinski definition) is 0. The van der Waals surface area contributed by atoms with Gasteiger partial charge in [-0.25, -0.2) is 9.97 Å². The second-order valence-electron chi connectivity index (χ2n) is 6.00. The highest BCUT2D eigenvalue weighted by Gasteiger charge is 2.12. The first-order valence-corrected chi connectivity index (χ1v) is 9.34. The second-order valence-corrected chi connectivity index (χ2v) is 6.85. The molecule has 0 atom stereocenters. The van der Waals surface area contributed by atoms with Crippen LogP contribution < -0.4 is 0 Å². The van der Waals surface area contributed by atoms with Gasteiger partial charge in [-0.2, -0.15) is 0 Å². The lowest BCUT2D eigenvalue weighted by Crippen LogP contribution is -1.98. The van der Waals surface area contributed by atoms with Crippen LogP contribution in [0.25, 0.3) is 28.2 Å². The Kier molecular flexibility index (Phi) is 4.89. The molecule has 0 fully saturated rings.